The molecule has 5 rings (SSSR count). The number of amides is 1. The molecule has 0 bridgehead atoms. The fourth-order valence-electron chi connectivity index (χ4n) is 4.00. The summed E-state index contributed by atoms with van der Waals surface area (Å²) >= 11 is 0. The molecule has 8 heteroatoms. The number of nitrogens with one attached hydrogen (secondary N) is 1. The van der Waals surface area contributed by atoms with E-state index in [2.05, 4.69) is 15.2 Å². The molecular weight excluding hydrogens is 430 g/mol. The predicted octanol–water partition coefficient (Wildman–Crippen LogP) is 2.86. The van der Waals surface area contributed by atoms with Gasteiger partial charge < -0.3 is 15.0 Å². The first-order valence-corrected chi connectivity index (χ1v) is 11.2. The predicted molar refractivity (Wildman–Crippen MR) is 131 cm³/mol. The largest absolute Gasteiger partial charge is 0.378 e. The van der Waals surface area contributed by atoms with Gasteiger partial charge in [-0.05, 0) is 55.0 Å². The molecule has 0 unspecified atom stereocenters. The monoisotopic (exact) mass is 455 g/mol. The topological polar surface area (TPSA) is 89.3 Å². The van der Waals surface area contributed by atoms with E-state index in [1.807, 2.05) is 43.3 Å². The van der Waals surface area contributed by atoms with Gasteiger partial charge in [0.05, 0.1) is 29.8 Å². The Balaban J connectivity index is 1.55. The van der Waals surface area contributed by atoms with Crippen molar-refractivity contribution in [1.29, 1.82) is 0 Å². The number of benzene rings is 2. The second kappa shape index (κ2) is 9.44. The van der Waals surface area contributed by atoms with Gasteiger partial charge in [-0.15, -0.1) is 0 Å². The summed E-state index contributed by atoms with van der Waals surface area (Å²) in [5, 5.41) is 3.37. The second-order valence-electron chi connectivity index (χ2n) is 8.26. The number of anilines is 1. The van der Waals surface area contributed by atoms with Crippen molar-refractivity contribution in [3.63, 3.8) is 0 Å². The Labute approximate surface area is 196 Å². The highest BCUT2D eigenvalue weighted by Gasteiger charge is 2.21. The van der Waals surface area contributed by atoms with Crippen LogP contribution in [0, 0.1) is 6.92 Å². The van der Waals surface area contributed by atoms with Crippen LogP contribution in [-0.2, 0) is 11.3 Å². The van der Waals surface area contributed by atoms with Crippen LogP contribution in [-0.4, -0.2) is 46.7 Å². The maximum Gasteiger partial charge on any atom is 0.267 e. The zero-order chi connectivity index (χ0) is 23.5. The van der Waals surface area contributed by atoms with Gasteiger partial charge in [-0.2, -0.15) is 0 Å². The molecule has 34 heavy (non-hydrogen) atoms. The van der Waals surface area contributed by atoms with Crippen LogP contribution >= 0.6 is 0 Å². The van der Waals surface area contributed by atoms with Crippen molar-refractivity contribution in [2.24, 2.45) is 0 Å². The average Bonchev–Trinajstić information content (AvgIpc) is 2.89. The molecule has 1 amide bonds. The number of nitrogens with zero attached hydrogens (tertiary/aromatic N) is 4. The third kappa shape index (κ3) is 4.40. The molecule has 1 fully saturated rings. The van der Waals surface area contributed by atoms with Gasteiger partial charge in [0.2, 0.25) is 5.95 Å². The van der Waals surface area contributed by atoms with E-state index in [1.165, 1.54) is 0 Å². The van der Waals surface area contributed by atoms with Gasteiger partial charge in [0.15, 0.2) is 0 Å². The first-order valence-electron chi connectivity index (χ1n) is 11.2. The number of pyridine rings is 1. The quantitative estimate of drug-likeness (QED) is 0.498. The molecule has 1 aliphatic rings. The molecular formula is C26H25N5O3. The lowest BCUT2D eigenvalue weighted by Crippen LogP contribution is -2.40. The third-order valence-electron chi connectivity index (χ3n) is 5.90. The van der Waals surface area contributed by atoms with E-state index in [0.717, 1.165) is 16.8 Å². The molecule has 0 radical (unpaired) electrons. The van der Waals surface area contributed by atoms with E-state index in [1.54, 1.807) is 35.2 Å². The van der Waals surface area contributed by atoms with Crippen LogP contribution in [0.2, 0.25) is 0 Å². The molecule has 1 N–H and O–H groups in total. The van der Waals surface area contributed by atoms with E-state index in [0.29, 0.717) is 55.3 Å². The lowest BCUT2D eigenvalue weighted by molar-refractivity contribution is 0.0951. The Bertz CT molecular complexity index is 1380. The number of hydrogen-bond donors (Lipinski definition) is 1. The number of ether oxygens (including phenoxy) is 1. The van der Waals surface area contributed by atoms with Crippen LogP contribution < -0.4 is 15.8 Å². The van der Waals surface area contributed by atoms with E-state index in [-0.39, 0.29) is 11.5 Å². The molecule has 8 nitrogen and oxygen atoms in total. The van der Waals surface area contributed by atoms with Gasteiger partial charge in [-0.25, -0.2) is 9.55 Å². The van der Waals surface area contributed by atoms with Gasteiger partial charge in [0.25, 0.3) is 11.5 Å². The molecule has 0 aliphatic carbocycles. The first kappa shape index (κ1) is 21.8. The van der Waals surface area contributed by atoms with Crippen LogP contribution in [0.5, 0.6) is 0 Å². The Kier molecular flexibility index (Phi) is 6.05. The molecule has 172 valence electrons. The molecule has 2 aromatic heterocycles. The summed E-state index contributed by atoms with van der Waals surface area (Å²) in [5.74, 6) is 0.329. The smallest absolute Gasteiger partial charge is 0.267 e. The minimum absolute atomic E-state index is 0.168. The summed E-state index contributed by atoms with van der Waals surface area (Å²) in [6.07, 6.45) is 3.38. The number of morpholine rings is 1. The van der Waals surface area contributed by atoms with Crippen molar-refractivity contribution in [3.05, 3.63) is 94.0 Å². The highest BCUT2D eigenvalue weighted by atomic mass is 16.5. The standard InChI is InChI=1S/C26H25N5O3/c1-18-2-5-21(6-3-18)31-25(33)22-7-4-20(24(32)28-17-19-8-10-27-11-9-19)16-23(22)29-26(31)30-12-14-34-15-13-30/h2-11,16H,12-15,17H2,1H3,(H,28,32). The number of hydrogen-bond acceptors (Lipinski definition) is 6. The summed E-state index contributed by atoms with van der Waals surface area (Å²) < 4.78 is 7.15. The Morgan fingerprint density at radius 1 is 1.03 bits per heavy atom. The van der Waals surface area contributed by atoms with Crippen molar-refractivity contribution in [2.75, 3.05) is 31.2 Å². The molecule has 0 spiro atoms. The maximum absolute atomic E-state index is 13.6. The summed E-state index contributed by atoms with van der Waals surface area (Å²) in [5.41, 5.74) is 3.60. The van der Waals surface area contributed by atoms with Crippen LogP contribution in [0.25, 0.3) is 16.6 Å². The Morgan fingerprint density at radius 2 is 1.76 bits per heavy atom. The van der Waals surface area contributed by atoms with Crippen molar-refractivity contribution in [3.8, 4) is 5.69 Å². The minimum Gasteiger partial charge on any atom is -0.378 e. The lowest BCUT2D eigenvalue weighted by Gasteiger charge is -2.30. The van der Waals surface area contributed by atoms with Gasteiger partial charge in [0, 0.05) is 37.6 Å². The molecule has 4 aromatic rings. The number of carbonyl (C=O) groups is 1. The van der Waals surface area contributed by atoms with Crippen LogP contribution in [0.1, 0.15) is 21.5 Å². The van der Waals surface area contributed by atoms with Gasteiger partial charge in [-0.1, -0.05) is 17.7 Å². The fourth-order valence-corrected chi connectivity index (χ4v) is 4.00. The minimum atomic E-state index is -0.226. The van der Waals surface area contributed by atoms with E-state index >= 15 is 0 Å². The summed E-state index contributed by atoms with van der Waals surface area (Å²) in [6, 6.07) is 16.5. The Hall–Kier alpha value is -4.04. The summed E-state index contributed by atoms with van der Waals surface area (Å²) in [6.45, 7) is 4.81. The Morgan fingerprint density at radius 3 is 2.50 bits per heavy atom. The van der Waals surface area contributed by atoms with Crippen molar-refractivity contribution < 1.29 is 9.53 Å². The van der Waals surface area contributed by atoms with E-state index in [4.69, 9.17) is 9.72 Å². The number of carbonyl (C=O) groups excluding carboxylic acids is 1. The highest BCUT2D eigenvalue weighted by Crippen LogP contribution is 2.22. The van der Waals surface area contributed by atoms with Crippen LogP contribution in [0.3, 0.4) is 0 Å². The zero-order valence-electron chi connectivity index (χ0n) is 18.9. The lowest BCUT2D eigenvalue weighted by atomic mass is 10.1. The van der Waals surface area contributed by atoms with Gasteiger partial charge in [-0.3, -0.25) is 14.6 Å². The number of rotatable bonds is 5. The van der Waals surface area contributed by atoms with Crippen molar-refractivity contribution in [1.82, 2.24) is 19.9 Å². The second-order valence-corrected chi connectivity index (χ2v) is 8.26. The van der Waals surface area contributed by atoms with Gasteiger partial charge in [0.1, 0.15) is 0 Å². The van der Waals surface area contributed by atoms with E-state index < -0.39 is 0 Å². The van der Waals surface area contributed by atoms with Crippen LogP contribution in [0.15, 0.2) is 71.8 Å². The number of fused-ring (bicyclic) bond motifs is 1. The molecule has 2 aromatic carbocycles. The van der Waals surface area contributed by atoms with Crippen molar-refractivity contribution >= 4 is 22.8 Å². The normalized spacial score (nSPS) is 13.7. The summed E-state index contributed by atoms with van der Waals surface area (Å²) in [7, 11) is 0. The fraction of sp³-hybridized carbons (Fsp3) is 0.231. The number of aromatic nitrogens is 3. The van der Waals surface area contributed by atoms with Crippen molar-refractivity contribution in [2.45, 2.75) is 13.5 Å². The SMILES string of the molecule is Cc1ccc(-n2c(N3CCOCC3)nc3cc(C(=O)NCc4ccncc4)ccc3c2=O)cc1. The molecule has 3 heterocycles. The van der Waals surface area contributed by atoms with Crippen LogP contribution in [0.4, 0.5) is 5.95 Å². The molecule has 1 saturated heterocycles. The third-order valence-corrected chi connectivity index (χ3v) is 5.90. The molecule has 0 atom stereocenters. The maximum atomic E-state index is 13.6. The first-order chi connectivity index (χ1) is 16.6. The number of aryl methyl sites for hydroxylation is 1. The molecule has 0 saturated carbocycles. The average molecular weight is 456 g/mol. The summed E-state index contributed by atoms with van der Waals surface area (Å²) in [4.78, 5) is 37.3. The highest BCUT2D eigenvalue weighted by molar-refractivity contribution is 5.97. The molecule has 1 aliphatic heterocycles. The van der Waals surface area contributed by atoms with E-state index in [9.17, 15) is 9.59 Å². The zero-order valence-corrected chi connectivity index (χ0v) is 18.9. The van der Waals surface area contributed by atoms with Gasteiger partial charge >= 0.3 is 0 Å².